The molecule has 1 aliphatic rings. The molecule has 0 bridgehead atoms. The Hall–Kier alpha value is -1.32. The Labute approximate surface area is 95.6 Å². The van der Waals surface area contributed by atoms with Crippen molar-refractivity contribution in [2.75, 3.05) is 6.61 Å². The fourth-order valence-electron chi connectivity index (χ4n) is 2.01. The van der Waals surface area contributed by atoms with Crippen molar-refractivity contribution in [1.29, 1.82) is 0 Å². The van der Waals surface area contributed by atoms with Gasteiger partial charge in [0, 0.05) is 0 Å². The minimum absolute atomic E-state index is 0.0951. The van der Waals surface area contributed by atoms with Gasteiger partial charge in [0.25, 0.3) is 6.47 Å². The van der Waals surface area contributed by atoms with Crippen molar-refractivity contribution in [1.82, 2.24) is 0 Å². The van der Waals surface area contributed by atoms with Crippen LogP contribution in [0.2, 0.25) is 0 Å². The minimum atomic E-state index is -0.453. The summed E-state index contributed by atoms with van der Waals surface area (Å²) in [6, 6.07) is 0. The van der Waals surface area contributed by atoms with E-state index in [1.807, 2.05) is 6.92 Å². The van der Waals surface area contributed by atoms with Crippen molar-refractivity contribution in [2.45, 2.75) is 44.6 Å². The fraction of sp³-hybridized carbons (Fsp3) is 0.667. The molecule has 0 atom stereocenters. The highest BCUT2D eigenvalue weighted by molar-refractivity contribution is 5.88. The van der Waals surface area contributed by atoms with E-state index in [-0.39, 0.29) is 17.8 Å². The summed E-state index contributed by atoms with van der Waals surface area (Å²) in [7, 11) is 0. The van der Waals surface area contributed by atoms with Crippen molar-refractivity contribution in [3.05, 3.63) is 12.2 Å². The molecule has 0 spiro atoms. The van der Waals surface area contributed by atoms with E-state index in [1.54, 1.807) is 0 Å². The number of carbonyl (C=O) groups excluding carboxylic acids is 2. The molecule has 0 N–H and O–H groups in total. The van der Waals surface area contributed by atoms with Crippen LogP contribution in [0.4, 0.5) is 0 Å². The summed E-state index contributed by atoms with van der Waals surface area (Å²) in [5, 5.41) is 0. The molecule has 0 amide bonds. The van der Waals surface area contributed by atoms with Gasteiger partial charge in [0.2, 0.25) is 0 Å². The Morgan fingerprint density at radius 2 is 2.06 bits per heavy atom. The Morgan fingerprint density at radius 3 is 2.56 bits per heavy atom. The summed E-state index contributed by atoms with van der Waals surface area (Å²) in [4.78, 5) is 21.6. The van der Waals surface area contributed by atoms with Crippen LogP contribution in [0.25, 0.3) is 0 Å². The van der Waals surface area contributed by atoms with Crippen LogP contribution in [0.1, 0.15) is 39.0 Å². The molecule has 0 heterocycles. The quantitative estimate of drug-likeness (QED) is 0.395. The van der Waals surface area contributed by atoms with E-state index >= 15 is 0 Å². The highest BCUT2D eigenvalue weighted by Crippen LogP contribution is 2.36. The molecule has 0 saturated heterocycles. The second-order valence-electron chi connectivity index (χ2n) is 4.14. The molecule has 0 aromatic carbocycles. The first-order valence-electron chi connectivity index (χ1n) is 5.60. The molecular formula is C12H18O4. The van der Waals surface area contributed by atoms with Crippen molar-refractivity contribution < 1.29 is 19.1 Å². The zero-order chi connectivity index (χ0) is 12.0. The van der Waals surface area contributed by atoms with Gasteiger partial charge in [-0.2, -0.15) is 0 Å². The van der Waals surface area contributed by atoms with Gasteiger partial charge in [-0.1, -0.05) is 13.5 Å². The average Bonchev–Trinajstić information content (AvgIpc) is 2.75. The molecule has 1 fully saturated rings. The predicted octanol–water partition coefficient (Wildman–Crippen LogP) is 1.98. The van der Waals surface area contributed by atoms with Gasteiger partial charge < -0.3 is 9.47 Å². The molecule has 0 unspecified atom stereocenters. The second-order valence-corrected chi connectivity index (χ2v) is 4.14. The molecule has 4 nitrogen and oxygen atoms in total. The summed E-state index contributed by atoms with van der Waals surface area (Å²) in [5.74, 6) is -0.453. The Morgan fingerprint density at radius 1 is 1.44 bits per heavy atom. The van der Waals surface area contributed by atoms with E-state index < -0.39 is 5.97 Å². The van der Waals surface area contributed by atoms with E-state index in [2.05, 4.69) is 11.3 Å². The largest absolute Gasteiger partial charge is 0.463 e. The van der Waals surface area contributed by atoms with Crippen LogP contribution in [-0.4, -0.2) is 24.6 Å². The lowest BCUT2D eigenvalue weighted by molar-refractivity contribution is -0.155. The van der Waals surface area contributed by atoms with Crippen LogP contribution in [-0.2, 0) is 19.1 Å². The van der Waals surface area contributed by atoms with Crippen LogP contribution < -0.4 is 0 Å². The monoisotopic (exact) mass is 226 g/mol. The first-order valence-corrected chi connectivity index (χ1v) is 5.60. The van der Waals surface area contributed by atoms with Crippen molar-refractivity contribution >= 4 is 12.4 Å². The van der Waals surface area contributed by atoms with E-state index in [0.717, 1.165) is 32.1 Å². The highest BCUT2D eigenvalue weighted by Gasteiger charge is 2.36. The number of rotatable bonds is 6. The third-order valence-electron chi connectivity index (χ3n) is 3.08. The van der Waals surface area contributed by atoms with Crippen LogP contribution in [0, 0.1) is 0 Å². The van der Waals surface area contributed by atoms with E-state index in [0.29, 0.717) is 6.47 Å². The smallest absolute Gasteiger partial charge is 0.337 e. The number of hydrogen-bond acceptors (Lipinski definition) is 4. The van der Waals surface area contributed by atoms with Crippen molar-refractivity contribution in [2.24, 2.45) is 0 Å². The van der Waals surface area contributed by atoms with Gasteiger partial charge in [-0.15, -0.1) is 0 Å². The molecule has 0 aliphatic heterocycles. The van der Waals surface area contributed by atoms with Gasteiger partial charge in [-0.25, -0.2) is 4.79 Å². The molecular weight excluding hydrogens is 208 g/mol. The van der Waals surface area contributed by atoms with E-state index in [9.17, 15) is 9.59 Å². The Bertz CT molecular complexity index is 277. The lowest BCUT2D eigenvalue weighted by Crippen LogP contribution is -2.32. The Balaban J connectivity index is 2.48. The first-order chi connectivity index (χ1) is 7.63. The molecule has 90 valence electrons. The molecule has 16 heavy (non-hydrogen) atoms. The summed E-state index contributed by atoms with van der Waals surface area (Å²) in [6.07, 6.45) is 4.84. The maximum absolute atomic E-state index is 11.7. The van der Waals surface area contributed by atoms with Crippen LogP contribution >= 0.6 is 0 Å². The molecule has 4 heteroatoms. The average molecular weight is 226 g/mol. The number of ether oxygens (including phenoxy) is 2. The zero-order valence-electron chi connectivity index (χ0n) is 9.66. The molecule has 0 aromatic rings. The van der Waals surface area contributed by atoms with Gasteiger partial charge in [0.1, 0.15) is 12.2 Å². The number of esters is 1. The van der Waals surface area contributed by atoms with Crippen LogP contribution in [0.15, 0.2) is 12.2 Å². The predicted molar refractivity (Wildman–Crippen MR) is 58.7 cm³/mol. The summed E-state index contributed by atoms with van der Waals surface area (Å²) < 4.78 is 9.94. The zero-order valence-corrected chi connectivity index (χ0v) is 9.66. The topological polar surface area (TPSA) is 52.6 Å². The second kappa shape index (κ2) is 5.68. The minimum Gasteiger partial charge on any atom is -0.463 e. The van der Waals surface area contributed by atoms with E-state index in [4.69, 9.17) is 4.74 Å². The van der Waals surface area contributed by atoms with Gasteiger partial charge in [-0.05, 0) is 32.1 Å². The highest BCUT2D eigenvalue weighted by atomic mass is 16.6. The molecule has 1 saturated carbocycles. The SMILES string of the molecule is C=C(COC=O)C(=O)OC1(CC)CCCC1. The summed E-state index contributed by atoms with van der Waals surface area (Å²) in [5.41, 5.74) is -0.131. The maximum Gasteiger partial charge on any atom is 0.337 e. The number of carbonyl (C=O) groups is 2. The summed E-state index contributed by atoms with van der Waals surface area (Å²) in [6.45, 7) is 5.76. The van der Waals surface area contributed by atoms with Gasteiger partial charge in [0.15, 0.2) is 0 Å². The molecule has 0 radical (unpaired) electrons. The van der Waals surface area contributed by atoms with Crippen molar-refractivity contribution in [3.8, 4) is 0 Å². The summed E-state index contributed by atoms with van der Waals surface area (Å²) >= 11 is 0. The normalized spacial score (nSPS) is 17.8. The van der Waals surface area contributed by atoms with Crippen LogP contribution in [0.3, 0.4) is 0 Å². The third-order valence-corrected chi connectivity index (χ3v) is 3.08. The van der Waals surface area contributed by atoms with Gasteiger partial charge in [0.05, 0.1) is 5.57 Å². The molecule has 1 aliphatic carbocycles. The number of hydrogen-bond donors (Lipinski definition) is 0. The van der Waals surface area contributed by atoms with Crippen molar-refractivity contribution in [3.63, 3.8) is 0 Å². The van der Waals surface area contributed by atoms with E-state index in [1.165, 1.54) is 0 Å². The van der Waals surface area contributed by atoms with Crippen LogP contribution in [0.5, 0.6) is 0 Å². The molecule has 1 rings (SSSR count). The van der Waals surface area contributed by atoms with Gasteiger partial charge >= 0.3 is 5.97 Å². The Kier molecular flexibility index (Phi) is 4.52. The third kappa shape index (κ3) is 3.08. The van der Waals surface area contributed by atoms with Gasteiger partial charge in [-0.3, -0.25) is 4.79 Å². The lowest BCUT2D eigenvalue weighted by atomic mass is 9.99. The standard InChI is InChI=1S/C12H18O4/c1-3-12(6-4-5-7-12)16-11(14)10(2)8-15-9-13/h9H,2-8H2,1H3. The maximum atomic E-state index is 11.7. The lowest BCUT2D eigenvalue weighted by Gasteiger charge is -2.27. The molecule has 0 aromatic heterocycles. The fourth-order valence-corrected chi connectivity index (χ4v) is 2.01. The first kappa shape index (κ1) is 12.7.